The molecule has 92 valence electrons. The number of rotatable bonds is 3. The largest absolute Gasteiger partial charge is 0.388 e. The van der Waals surface area contributed by atoms with Crippen LogP contribution in [0.3, 0.4) is 0 Å². The highest BCUT2D eigenvalue weighted by molar-refractivity contribution is 5.99. The third-order valence-electron chi connectivity index (χ3n) is 2.90. The summed E-state index contributed by atoms with van der Waals surface area (Å²) in [5.74, 6) is -0.399. The van der Waals surface area contributed by atoms with Crippen LogP contribution in [0.1, 0.15) is 10.4 Å². The van der Waals surface area contributed by atoms with E-state index >= 15 is 0 Å². The third-order valence-corrected chi connectivity index (χ3v) is 2.90. The summed E-state index contributed by atoms with van der Waals surface area (Å²) < 4.78 is 5.30. The number of carbonyl (C=O) groups excluding carboxylic acids is 1. The maximum Gasteiger partial charge on any atom is 0.250 e. The first-order chi connectivity index (χ1) is 8.22. The Hall–Kier alpha value is -1.75. The van der Waals surface area contributed by atoms with Crippen molar-refractivity contribution < 1.29 is 9.53 Å². The number of amides is 1. The van der Waals surface area contributed by atoms with Crippen molar-refractivity contribution in [2.75, 3.05) is 43.6 Å². The maximum atomic E-state index is 11.5. The van der Waals surface area contributed by atoms with Gasteiger partial charge in [-0.2, -0.15) is 0 Å². The lowest BCUT2D eigenvalue weighted by molar-refractivity contribution is 0.0998. The van der Waals surface area contributed by atoms with Crippen LogP contribution in [0.4, 0.5) is 11.4 Å². The summed E-state index contributed by atoms with van der Waals surface area (Å²) in [6.07, 6.45) is 0. The molecule has 0 radical (unpaired) electrons. The molecule has 1 aliphatic rings. The summed E-state index contributed by atoms with van der Waals surface area (Å²) >= 11 is 0. The molecule has 0 aliphatic carbocycles. The molecule has 0 aromatic heterocycles. The van der Waals surface area contributed by atoms with Crippen LogP contribution in [-0.2, 0) is 4.74 Å². The van der Waals surface area contributed by atoms with Crippen LogP contribution >= 0.6 is 0 Å². The third kappa shape index (κ3) is 2.50. The SMILES string of the molecule is CNc1ccc(N2CCOCC2)c(C(N)=O)c1. The number of hydrogen-bond donors (Lipinski definition) is 2. The Balaban J connectivity index is 2.34. The van der Waals surface area contributed by atoms with Gasteiger partial charge in [-0.15, -0.1) is 0 Å². The highest BCUT2D eigenvalue weighted by Crippen LogP contribution is 2.24. The average Bonchev–Trinajstić information content (AvgIpc) is 2.39. The Morgan fingerprint density at radius 1 is 1.41 bits per heavy atom. The standard InChI is InChI=1S/C12H17N3O2/c1-14-9-2-3-11(10(8-9)12(13)16)15-4-6-17-7-5-15/h2-3,8,14H,4-7H2,1H3,(H2,13,16). The van der Waals surface area contributed by atoms with Gasteiger partial charge < -0.3 is 20.7 Å². The summed E-state index contributed by atoms with van der Waals surface area (Å²) in [5.41, 5.74) is 7.75. The number of anilines is 2. The quantitative estimate of drug-likeness (QED) is 0.807. The minimum atomic E-state index is -0.399. The minimum absolute atomic E-state index is 0.399. The summed E-state index contributed by atoms with van der Waals surface area (Å²) in [4.78, 5) is 13.6. The van der Waals surface area contributed by atoms with Gasteiger partial charge in [0, 0.05) is 31.5 Å². The van der Waals surface area contributed by atoms with E-state index in [1.54, 1.807) is 6.07 Å². The Bertz CT molecular complexity index is 414. The monoisotopic (exact) mass is 235 g/mol. The zero-order chi connectivity index (χ0) is 12.3. The molecule has 0 bridgehead atoms. The number of primary amides is 1. The molecule has 0 unspecified atom stereocenters. The van der Waals surface area contributed by atoms with Gasteiger partial charge in [0.2, 0.25) is 0 Å². The van der Waals surface area contributed by atoms with E-state index in [0.29, 0.717) is 18.8 Å². The number of benzene rings is 1. The van der Waals surface area contributed by atoms with Crippen molar-refractivity contribution in [3.63, 3.8) is 0 Å². The Morgan fingerprint density at radius 3 is 2.71 bits per heavy atom. The van der Waals surface area contributed by atoms with Gasteiger partial charge in [-0.3, -0.25) is 4.79 Å². The predicted molar refractivity (Wildman–Crippen MR) is 67.5 cm³/mol. The van der Waals surface area contributed by atoms with E-state index < -0.39 is 5.91 Å². The second-order valence-corrected chi connectivity index (χ2v) is 3.95. The van der Waals surface area contributed by atoms with Crippen molar-refractivity contribution in [2.24, 2.45) is 5.73 Å². The molecule has 1 amide bonds. The number of nitrogens with zero attached hydrogens (tertiary/aromatic N) is 1. The fourth-order valence-corrected chi connectivity index (χ4v) is 1.97. The molecule has 17 heavy (non-hydrogen) atoms. The van der Waals surface area contributed by atoms with Gasteiger partial charge in [-0.05, 0) is 18.2 Å². The molecule has 1 aliphatic heterocycles. The van der Waals surface area contributed by atoms with Crippen molar-refractivity contribution in [3.05, 3.63) is 23.8 Å². The van der Waals surface area contributed by atoms with E-state index in [1.165, 1.54) is 0 Å². The van der Waals surface area contributed by atoms with Crippen LogP contribution in [0.25, 0.3) is 0 Å². The molecule has 2 rings (SSSR count). The normalized spacial score (nSPS) is 15.7. The Morgan fingerprint density at radius 2 is 2.12 bits per heavy atom. The molecule has 0 atom stereocenters. The molecule has 5 nitrogen and oxygen atoms in total. The van der Waals surface area contributed by atoms with Crippen LogP contribution in [0.5, 0.6) is 0 Å². The van der Waals surface area contributed by atoms with Crippen molar-refractivity contribution in [2.45, 2.75) is 0 Å². The molecule has 1 heterocycles. The van der Waals surface area contributed by atoms with Crippen molar-refractivity contribution in [1.29, 1.82) is 0 Å². The topological polar surface area (TPSA) is 67.6 Å². The predicted octanol–water partition coefficient (Wildman–Crippen LogP) is 0.664. The number of hydrogen-bond acceptors (Lipinski definition) is 4. The number of carbonyl (C=O) groups is 1. The first-order valence-electron chi connectivity index (χ1n) is 5.66. The molecule has 1 saturated heterocycles. The number of nitrogens with one attached hydrogen (secondary N) is 1. The summed E-state index contributed by atoms with van der Waals surface area (Å²) in [6.45, 7) is 2.95. The van der Waals surface area contributed by atoms with E-state index in [0.717, 1.165) is 24.5 Å². The lowest BCUT2D eigenvalue weighted by Gasteiger charge is -2.30. The molecule has 1 fully saturated rings. The summed E-state index contributed by atoms with van der Waals surface area (Å²) in [7, 11) is 1.81. The number of nitrogens with two attached hydrogens (primary N) is 1. The zero-order valence-electron chi connectivity index (χ0n) is 9.90. The van der Waals surface area contributed by atoms with E-state index in [4.69, 9.17) is 10.5 Å². The fourth-order valence-electron chi connectivity index (χ4n) is 1.97. The first-order valence-corrected chi connectivity index (χ1v) is 5.66. The first kappa shape index (κ1) is 11.7. The summed E-state index contributed by atoms with van der Waals surface area (Å²) in [5, 5.41) is 3.00. The Labute approximate surface area is 101 Å². The van der Waals surface area contributed by atoms with E-state index in [-0.39, 0.29) is 0 Å². The zero-order valence-corrected chi connectivity index (χ0v) is 9.90. The highest BCUT2D eigenvalue weighted by Gasteiger charge is 2.17. The molecule has 5 heteroatoms. The summed E-state index contributed by atoms with van der Waals surface area (Å²) in [6, 6.07) is 5.65. The second kappa shape index (κ2) is 5.05. The second-order valence-electron chi connectivity index (χ2n) is 3.95. The van der Waals surface area contributed by atoms with Gasteiger partial charge in [-0.1, -0.05) is 0 Å². The lowest BCUT2D eigenvalue weighted by atomic mass is 10.1. The van der Waals surface area contributed by atoms with Crippen LogP contribution in [0, 0.1) is 0 Å². The smallest absolute Gasteiger partial charge is 0.250 e. The minimum Gasteiger partial charge on any atom is -0.388 e. The van der Waals surface area contributed by atoms with Crippen molar-refractivity contribution in [1.82, 2.24) is 0 Å². The Kier molecular flexibility index (Phi) is 3.49. The van der Waals surface area contributed by atoms with Crippen LogP contribution in [0.15, 0.2) is 18.2 Å². The van der Waals surface area contributed by atoms with Crippen molar-refractivity contribution >= 4 is 17.3 Å². The van der Waals surface area contributed by atoms with Gasteiger partial charge >= 0.3 is 0 Å². The van der Waals surface area contributed by atoms with Crippen molar-refractivity contribution in [3.8, 4) is 0 Å². The molecular weight excluding hydrogens is 218 g/mol. The fraction of sp³-hybridized carbons (Fsp3) is 0.417. The van der Waals surface area contributed by atoms with Gasteiger partial charge in [-0.25, -0.2) is 0 Å². The molecule has 3 N–H and O–H groups in total. The molecule has 0 saturated carbocycles. The van der Waals surface area contributed by atoms with Crippen LogP contribution in [-0.4, -0.2) is 39.3 Å². The number of ether oxygens (including phenoxy) is 1. The van der Waals surface area contributed by atoms with E-state index in [2.05, 4.69) is 10.2 Å². The molecule has 1 aromatic rings. The molecule has 1 aromatic carbocycles. The average molecular weight is 235 g/mol. The van der Waals surface area contributed by atoms with Crippen LogP contribution < -0.4 is 16.0 Å². The van der Waals surface area contributed by atoms with E-state index in [9.17, 15) is 4.79 Å². The van der Waals surface area contributed by atoms with Gasteiger partial charge in [0.15, 0.2) is 0 Å². The molecule has 0 spiro atoms. The maximum absolute atomic E-state index is 11.5. The van der Waals surface area contributed by atoms with E-state index in [1.807, 2.05) is 19.2 Å². The van der Waals surface area contributed by atoms with Gasteiger partial charge in [0.1, 0.15) is 0 Å². The molecular formula is C12H17N3O2. The lowest BCUT2D eigenvalue weighted by Crippen LogP contribution is -2.37. The van der Waals surface area contributed by atoms with Gasteiger partial charge in [0.25, 0.3) is 5.91 Å². The highest BCUT2D eigenvalue weighted by atomic mass is 16.5. The van der Waals surface area contributed by atoms with Gasteiger partial charge in [0.05, 0.1) is 18.8 Å². The van der Waals surface area contributed by atoms with Crippen LogP contribution in [0.2, 0.25) is 0 Å². The number of morpholine rings is 1.